The van der Waals surface area contributed by atoms with E-state index in [1.807, 2.05) is 4.90 Å². The lowest BCUT2D eigenvalue weighted by molar-refractivity contribution is -0.380. The quantitative estimate of drug-likeness (QED) is 0.466. The number of rotatable bonds is 5. The predicted molar refractivity (Wildman–Crippen MR) is 78.1 cm³/mol. The Kier molecular flexibility index (Phi) is 4.93. The van der Waals surface area contributed by atoms with E-state index in [4.69, 9.17) is 0 Å². The predicted octanol–water partition coefficient (Wildman–Crippen LogP) is 3.44. The molecular weight excluding hydrogens is 332 g/mol. The largest absolute Gasteiger partial charge is 0.334 e. The Morgan fingerprint density at radius 1 is 1.47 bits per heavy atom. The first kappa shape index (κ1) is 14.5. The van der Waals surface area contributed by atoms with Gasteiger partial charge in [0.2, 0.25) is 0 Å². The SMILES string of the molecule is O=C(c1ccc([N+](=O)[O-])s1)N(CCBr)C1CCCC1. The molecule has 1 saturated carbocycles. The van der Waals surface area contributed by atoms with Crippen molar-refractivity contribution < 1.29 is 9.72 Å². The molecule has 1 amide bonds. The molecule has 1 aliphatic carbocycles. The number of nitrogens with zero attached hydrogens (tertiary/aromatic N) is 2. The average molecular weight is 347 g/mol. The minimum Gasteiger partial charge on any atom is -0.334 e. The highest BCUT2D eigenvalue weighted by atomic mass is 79.9. The van der Waals surface area contributed by atoms with Crippen LogP contribution in [0.2, 0.25) is 0 Å². The minimum absolute atomic E-state index is 0.0218. The summed E-state index contributed by atoms with van der Waals surface area (Å²) in [6, 6.07) is 3.24. The molecule has 0 spiro atoms. The number of amides is 1. The van der Waals surface area contributed by atoms with Crippen LogP contribution >= 0.6 is 27.3 Å². The molecule has 1 aliphatic rings. The molecule has 2 rings (SSSR count). The lowest BCUT2D eigenvalue weighted by Crippen LogP contribution is -2.39. The number of hydrogen-bond donors (Lipinski definition) is 0. The number of carbonyl (C=O) groups excluding carboxylic acids is 1. The Hall–Kier alpha value is -0.950. The molecule has 0 atom stereocenters. The number of alkyl halides is 1. The van der Waals surface area contributed by atoms with Gasteiger partial charge in [0, 0.05) is 24.0 Å². The van der Waals surface area contributed by atoms with E-state index in [1.54, 1.807) is 6.07 Å². The first-order valence-electron chi connectivity index (χ1n) is 6.24. The summed E-state index contributed by atoms with van der Waals surface area (Å²) in [6.45, 7) is 0.648. The van der Waals surface area contributed by atoms with Gasteiger partial charge in [-0.05, 0) is 18.9 Å². The van der Waals surface area contributed by atoms with Crippen LogP contribution < -0.4 is 0 Å². The van der Waals surface area contributed by atoms with Crippen molar-refractivity contribution in [3.63, 3.8) is 0 Å². The highest BCUT2D eigenvalue weighted by Crippen LogP contribution is 2.29. The van der Waals surface area contributed by atoms with Crippen molar-refractivity contribution in [3.05, 3.63) is 27.1 Å². The second-order valence-electron chi connectivity index (χ2n) is 4.52. The number of carbonyl (C=O) groups is 1. The Balaban J connectivity index is 2.15. The van der Waals surface area contributed by atoms with E-state index >= 15 is 0 Å². The summed E-state index contributed by atoms with van der Waals surface area (Å²) >= 11 is 4.32. The van der Waals surface area contributed by atoms with Crippen molar-refractivity contribution in [1.82, 2.24) is 4.90 Å². The Bertz CT molecular complexity index is 471. The summed E-state index contributed by atoms with van der Waals surface area (Å²) < 4.78 is 0. The lowest BCUT2D eigenvalue weighted by atomic mass is 10.2. The summed E-state index contributed by atoms with van der Waals surface area (Å²) in [5.41, 5.74) is 0. The molecule has 0 bridgehead atoms. The zero-order valence-electron chi connectivity index (χ0n) is 10.4. The number of hydrogen-bond acceptors (Lipinski definition) is 4. The highest BCUT2D eigenvalue weighted by molar-refractivity contribution is 9.09. The van der Waals surface area contributed by atoms with Gasteiger partial charge in [0.05, 0.1) is 9.80 Å². The fourth-order valence-corrected chi connectivity index (χ4v) is 3.60. The molecule has 0 aromatic carbocycles. The van der Waals surface area contributed by atoms with Gasteiger partial charge in [0.25, 0.3) is 5.91 Å². The summed E-state index contributed by atoms with van der Waals surface area (Å²) in [5.74, 6) is -0.0792. The van der Waals surface area contributed by atoms with Crippen molar-refractivity contribution in [2.24, 2.45) is 0 Å². The van der Waals surface area contributed by atoms with E-state index < -0.39 is 4.92 Å². The van der Waals surface area contributed by atoms with Gasteiger partial charge in [0.15, 0.2) is 0 Å². The van der Waals surface area contributed by atoms with E-state index in [0.717, 1.165) is 42.4 Å². The van der Waals surface area contributed by atoms with Crippen molar-refractivity contribution >= 4 is 38.2 Å². The maximum Gasteiger partial charge on any atom is 0.324 e. The lowest BCUT2D eigenvalue weighted by Gasteiger charge is -2.27. The molecule has 1 aromatic heterocycles. The van der Waals surface area contributed by atoms with Gasteiger partial charge in [-0.1, -0.05) is 40.1 Å². The topological polar surface area (TPSA) is 63.4 Å². The molecule has 0 radical (unpaired) electrons. The van der Waals surface area contributed by atoms with Crippen molar-refractivity contribution in [3.8, 4) is 0 Å². The van der Waals surface area contributed by atoms with E-state index in [2.05, 4.69) is 15.9 Å². The summed E-state index contributed by atoms with van der Waals surface area (Å²) in [4.78, 5) is 25.0. The first-order valence-corrected chi connectivity index (χ1v) is 8.18. The molecule has 0 aliphatic heterocycles. The Labute approximate surface area is 123 Å². The van der Waals surface area contributed by atoms with E-state index in [-0.39, 0.29) is 17.0 Å². The maximum absolute atomic E-state index is 12.5. The standard InChI is InChI=1S/C12H15BrN2O3S/c13-7-8-14(9-3-1-2-4-9)12(16)10-5-6-11(19-10)15(17)18/h5-6,9H,1-4,7-8H2. The monoisotopic (exact) mass is 346 g/mol. The van der Waals surface area contributed by atoms with Crippen LogP contribution in [0.3, 0.4) is 0 Å². The van der Waals surface area contributed by atoms with Crippen LogP contribution in [0, 0.1) is 10.1 Å². The third-order valence-corrected chi connectivity index (χ3v) is 4.71. The number of nitro groups is 1. The van der Waals surface area contributed by atoms with E-state index in [9.17, 15) is 14.9 Å². The second-order valence-corrected chi connectivity index (χ2v) is 6.38. The normalized spacial score (nSPS) is 15.6. The molecule has 0 saturated heterocycles. The number of thiophene rings is 1. The molecule has 1 heterocycles. The van der Waals surface area contributed by atoms with Gasteiger partial charge in [0.1, 0.15) is 0 Å². The molecule has 0 N–H and O–H groups in total. The van der Waals surface area contributed by atoms with Gasteiger partial charge < -0.3 is 4.90 Å². The van der Waals surface area contributed by atoms with Crippen LogP contribution in [-0.2, 0) is 0 Å². The third kappa shape index (κ3) is 3.33. The van der Waals surface area contributed by atoms with Crippen LogP contribution in [0.15, 0.2) is 12.1 Å². The van der Waals surface area contributed by atoms with Crippen LogP contribution in [0.4, 0.5) is 5.00 Å². The zero-order chi connectivity index (χ0) is 13.8. The van der Waals surface area contributed by atoms with E-state index in [1.165, 1.54) is 6.07 Å². The third-order valence-electron chi connectivity index (χ3n) is 3.33. The van der Waals surface area contributed by atoms with Gasteiger partial charge in [-0.25, -0.2) is 0 Å². The van der Waals surface area contributed by atoms with Crippen LogP contribution in [-0.4, -0.2) is 33.6 Å². The molecule has 1 fully saturated rings. The molecule has 5 nitrogen and oxygen atoms in total. The molecule has 7 heteroatoms. The second kappa shape index (κ2) is 6.47. The fraction of sp³-hybridized carbons (Fsp3) is 0.583. The maximum atomic E-state index is 12.5. The molecule has 19 heavy (non-hydrogen) atoms. The summed E-state index contributed by atoms with van der Waals surface area (Å²) in [5, 5.41) is 11.4. The minimum atomic E-state index is -0.453. The molecule has 0 unspecified atom stereocenters. The Morgan fingerprint density at radius 2 is 2.16 bits per heavy atom. The van der Waals surface area contributed by atoms with Gasteiger partial charge in [-0.2, -0.15) is 0 Å². The van der Waals surface area contributed by atoms with Crippen molar-refractivity contribution in [1.29, 1.82) is 0 Å². The highest BCUT2D eigenvalue weighted by Gasteiger charge is 2.28. The summed E-state index contributed by atoms with van der Waals surface area (Å²) in [6.07, 6.45) is 4.38. The average Bonchev–Trinajstić information content (AvgIpc) is 3.05. The molecule has 1 aromatic rings. The molecular formula is C12H15BrN2O3S. The van der Waals surface area contributed by atoms with Crippen LogP contribution in [0.1, 0.15) is 35.4 Å². The van der Waals surface area contributed by atoms with E-state index in [0.29, 0.717) is 11.4 Å². The van der Waals surface area contributed by atoms with Gasteiger partial charge >= 0.3 is 5.00 Å². The van der Waals surface area contributed by atoms with Crippen molar-refractivity contribution in [2.75, 3.05) is 11.9 Å². The van der Waals surface area contributed by atoms with Crippen LogP contribution in [0.25, 0.3) is 0 Å². The van der Waals surface area contributed by atoms with Crippen molar-refractivity contribution in [2.45, 2.75) is 31.7 Å². The van der Waals surface area contributed by atoms with Crippen LogP contribution in [0.5, 0.6) is 0 Å². The van der Waals surface area contributed by atoms with Gasteiger partial charge in [-0.15, -0.1) is 0 Å². The smallest absolute Gasteiger partial charge is 0.324 e. The molecule has 104 valence electrons. The fourth-order valence-electron chi connectivity index (χ4n) is 2.44. The van der Waals surface area contributed by atoms with Gasteiger partial charge in [-0.3, -0.25) is 14.9 Å². The first-order chi connectivity index (χ1) is 9.13. The number of halogens is 1. The zero-order valence-corrected chi connectivity index (χ0v) is 12.8. The Morgan fingerprint density at radius 3 is 2.68 bits per heavy atom. The summed E-state index contributed by atoms with van der Waals surface area (Å²) in [7, 11) is 0.